The molecule has 1 heterocycles. The van der Waals surface area contributed by atoms with Gasteiger partial charge in [0.25, 0.3) is 0 Å². The lowest BCUT2D eigenvalue weighted by Gasteiger charge is -2.07. The van der Waals surface area contributed by atoms with Gasteiger partial charge in [0.1, 0.15) is 0 Å². The van der Waals surface area contributed by atoms with E-state index in [2.05, 4.69) is 10.2 Å². The second-order valence-corrected chi connectivity index (χ2v) is 4.62. The first-order valence-corrected chi connectivity index (χ1v) is 6.44. The molecule has 0 aliphatic carbocycles. The number of nitriles is 1. The van der Waals surface area contributed by atoms with Gasteiger partial charge in [-0.15, -0.1) is 0 Å². The molecule has 0 atom stereocenters. The van der Waals surface area contributed by atoms with Gasteiger partial charge in [0.15, 0.2) is 11.6 Å². The number of hydrogen-bond donors (Lipinski definition) is 1. The first-order valence-electron chi connectivity index (χ1n) is 6.44. The Kier molecular flexibility index (Phi) is 4.36. The van der Waals surface area contributed by atoms with Crippen molar-refractivity contribution in [3.63, 3.8) is 0 Å². The van der Waals surface area contributed by atoms with Crippen molar-refractivity contribution in [2.45, 2.75) is 26.7 Å². The highest BCUT2D eigenvalue weighted by atomic mass is 19.1. The van der Waals surface area contributed by atoms with Gasteiger partial charge in [-0.2, -0.15) is 10.4 Å². The van der Waals surface area contributed by atoms with E-state index in [1.807, 2.05) is 19.9 Å². The molecule has 2 rings (SSSR count). The zero-order chi connectivity index (χ0) is 14.5. The van der Waals surface area contributed by atoms with Gasteiger partial charge in [0, 0.05) is 11.8 Å². The van der Waals surface area contributed by atoms with E-state index < -0.39 is 5.82 Å². The SMILES string of the molecule is Cc1n[nH]c(C)c1CCCOc1cc(C#N)ccc1F. The molecular weight excluding hydrogens is 257 g/mol. The normalized spacial score (nSPS) is 10.3. The van der Waals surface area contributed by atoms with E-state index in [0.717, 1.165) is 24.2 Å². The molecule has 1 N–H and O–H groups in total. The van der Waals surface area contributed by atoms with E-state index in [0.29, 0.717) is 12.2 Å². The van der Waals surface area contributed by atoms with Crippen LogP contribution in [0, 0.1) is 31.0 Å². The quantitative estimate of drug-likeness (QED) is 0.852. The number of aromatic amines is 1. The lowest BCUT2D eigenvalue weighted by molar-refractivity contribution is 0.295. The summed E-state index contributed by atoms with van der Waals surface area (Å²) in [7, 11) is 0. The van der Waals surface area contributed by atoms with Crippen LogP contribution in [0.5, 0.6) is 5.75 Å². The van der Waals surface area contributed by atoms with Gasteiger partial charge >= 0.3 is 0 Å². The second kappa shape index (κ2) is 6.20. The van der Waals surface area contributed by atoms with Crippen LogP contribution in [0.15, 0.2) is 18.2 Å². The van der Waals surface area contributed by atoms with Crippen molar-refractivity contribution in [1.82, 2.24) is 10.2 Å². The molecule has 104 valence electrons. The third-order valence-corrected chi connectivity index (χ3v) is 3.17. The fourth-order valence-corrected chi connectivity index (χ4v) is 2.06. The summed E-state index contributed by atoms with van der Waals surface area (Å²) in [6, 6.07) is 6.06. The van der Waals surface area contributed by atoms with Crippen molar-refractivity contribution < 1.29 is 9.13 Å². The smallest absolute Gasteiger partial charge is 0.165 e. The molecule has 0 fully saturated rings. The molecular formula is C15H16FN3O. The Morgan fingerprint density at radius 3 is 2.85 bits per heavy atom. The maximum absolute atomic E-state index is 13.5. The van der Waals surface area contributed by atoms with Gasteiger partial charge in [-0.05, 0) is 44.4 Å². The molecule has 0 saturated carbocycles. The minimum atomic E-state index is -0.445. The minimum absolute atomic E-state index is 0.129. The zero-order valence-electron chi connectivity index (χ0n) is 11.5. The van der Waals surface area contributed by atoms with E-state index in [1.165, 1.54) is 23.8 Å². The van der Waals surface area contributed by atoms with Crippen LogP contribution in [-0.4, -0.2) is 16.8 Å². The van der Waals surface area contributed by atoms with E-state index in [1.54, 1.807) is 0 Å². The Balaban J connectivity index is 1.89. The lowest BCUT2D eigenvalue weighted by Crippen LogP contribution is -2.02. The fourth-order valence-electron chi connectivity index (χ4n) is 2.06. The molecule has 0 bridgehead atoms. The van der Waals surface area contributed by atoms with Gasteiger partial charge < -0.3 is 4.74 Å². The third-order valence-electron chi connectivity index (χ3n) is 3.17. The number of benzene rings is 1. The standard InChI is InChI=1S/C15H16FN3O/c1-10-13(11(2)19-18-10)4-3-7-20-15-8-12(9-17)5-6-14(15)16/h5-6,8H,3-4,7H2,1-2H3,(H,18,19). The second-order valence-electron chi connectivity index (χ2n) is 4.62. The van der Waals surface area contributed by atoms with Crippen LogP contribution in [0.25, 0.3) is 0 Å². The number of nitrogens with one attached hydrogen (secondary N) is 1. The topological polar surface area (TPSA) is 61.7 Å². The van der Waals surface area contributed by atoms with Gasteiger partial charge in [-0.1, -0.05) is 0 Å². The van der Waals surface area contributed by atoms with Gasteiger partial charge in [0.05, 0.1) is 23.9 Å². The van der Waals surface area contributed by atoms with Crippen LogP contribution in [0.2, 0.25) is 0 Å². The minimum Gasteiger partial charge on any atom is -0.490 e. The summed E-state index contributed by atoms with van der Waals surface area (Å²) in [4.78, 5) is 0. The Hall–Kier alpha value is -2.35. The monoisotopic (exact) mass is 273 g/mol. The van der Waals surface area contributed by atoms with Crippen molar-refractivity contribution in [2.24, 2.45) is 0 Å². The van der Waals surface area contributed by atoms with Crippen LogP contribution in [-0.2, 0) is 6.42 Å². The van der Waals surface area contributed by atoms with Gasteiger partial charge in [-0.3, -0.25) is 5.10 Å². The van der Waals surface area contributed by atoms with Crippen molar-refractivity contribution in [2.75, 3.05) is 6.61 Å². The number of halogens is 1. The van der Waals surface area contributed by atoms with E-state index >= 15 is 0 Å². The zero-order valence-corrected chi connectivity index (χ0v) is 11.5. The number of rotatable bonds is 5. The molecule has 4 nitrogen and oxygen atoms in total. The van der Waals surface area contributed by atoms with Crippen molar-refractivity contribution >= 4 is 0 Å². The Morgan fingerprint density at radius 1 is 1.40 bits per heavy atom. The molecule has 0 amide bonds. The largest absolute Gasteiger partial charge is 0.490 e. The average molecular weight is 273 g/mol. The highest BCUT2D eigenvalue weighted by molar-refractivity contribution is 5.37. The predicted molar refractivity (Wildman–Crippen MR) is 73.0 cm³/mol. The maximum Gasteiger partial charge on any atom is 0.165 e. The average Bonchev–Trinajstić information content (AvgIpc) is 2.76. The third kappa shape index (κ3) is 3.15. The molecule has 0 radical (unpaired) electrons. The summed E-state index contributed by atoms with van der Waals surface area (Å²) in [6.07, 6.45) is 1.59. The highest BCUT2D eigenvalue weighted by Crippen LogP contribution is 2.19. The molecule has 20 heavy (non-hydrogen) atoms. The predicted octanol–water partition coefficient (Wildman–Crippen LogP) is 3.05. The number of H-pyrrole nitrogens is 1. The molecule has 1 aromatic carbocycles. The molecule has 0 unspecified atom stereocenters. The Bertz CT molecular complexity index is 624. The van der Waals surface area contributed by atoms with Crippen LogP contribution < -0.4 is 4.74 Å². The molecule has 0 saturated heterocycles. The number of hydrogen-bond acceptors (Lipinski definition) is 3. The molecule has 2 aromatic rings. The Labute approximate surface area is 117 Å². The van der Waals surface area contributed by atoms with Crippen LogP contribution in [0.3, 0.4) is 0 Å². The van der Waals surface area contributed by atoms with Crippen LogP contribution >= 0.6 is 0 Å². The lowest BCUT2D eigenvalue weighted by atomic mass is 10.1. The van der Waals surface area contributed by atoms with E-state index in [-0.39, 0.29) is 5.75 Å². The number of nitrogens with zero attached hydrogens (tertiary/aromatic N) is 2. The summed E-state index contributed by atoms with van der Waals surface area (Å²) < 4.78 is 18.9. The molecule has 0 aliphatic heterocycles. The van der Waals surface area contributed by atoms with Gasteiger partial charge in [-0.25, -0.2) is 4.39 Å². The first-order chi connectivity index (χ1) is 9.61. The number of aryl methyl sites for hydroxylation is 2. The summed E-state index contributed by atoms with van der Waals surface area (Å²) in [5.74, 6) is -0.315. The summed E-state index contributed by atoms with van der Waals surface area (Å²) in [5, 5.41) is 15.8. The summed E-state index contributed by atoms with van der Waals surface area (Å²) in [6.45, 7) is 4.33. The van der Waals surface area contributed by atoms with Crippen LogP contribution in [0.1, 0.15) is 28.9 Å². The number of aromatic nitrogens is 2. The molecule has 0 spiro atoms. The maximum atomic E-state index is 13.5. The molecule has 1 aromatic heterocycles. The summed E-state index contributed by atoms with van der Waals surface area (Å²) in [5.41, 5.74) is 3.61. The van der Waals surface area contributed by atoms with E-state index in [4.69, 9.17) is 10.00 Å². The van der Waals surface area contributed by atoms with Crippen molar-refractivity contribution in [3.8, 4) is 11.8 Å². The molecule has 5 heteroatoms. The fraction of sp³-hybridized carbons (Fsp3) is 0.333. The number of ether oxygens (including phenoxy) is 1. The van der Waals surface area contributed by atoms with Crippen molar-refractivity contribution in [1.29, 1.82) is 5.26 Å². The van der Waals surface area contributed by atoms with Gasteiger partial charge in [0.2, 0.25) is 0 Å². The van der Waals surface area contributed by atoms with Crippen LogP contribution in [0.4, 0.5) is 4.39 Å². The summed E-state index contributed by atoms with van der Waals surface area (Å²) >= 11 is 0. The highest BCUT2D eigenvalue weighted by Gasteiger charge is 2.07. The van der Waals surface area contributed by atoms with Crippen molar-refractivity contribution in [3.05, 3.63) is 46.5 Å². The first kappa shape index (κ1) is 14.1. The van der Waals surface area contributed by atoms with E-state index in [9.17, 15) is 4.39 Å². The molecule has 0 aliphatic rings. The Morgan fingerprint density at radius 2 is 2.20 bits per heavy atom.